The predicted octanol–water partition coefficient (Wildman–Crippen LogP) is 3.20. The lowest BCUT2D eigenvalue weighted by Gasteiger charge is -2.09. The number of nitrogen functional groups attached to an aromatic ring is 1. The fraction of sp³-hybridized carbons (Fsp3) is 0.200. The van der Waals surface area contributed by atoms with Crippen LogP contribution in [0.1, 0.15) is 17.4 Å². The Bertz CT molecular complexity index is 714. The van der Waals surface area contributed by atoms with Crippen LogP contribution in [-0.2, 0) is 13.0 Å². The second-order valence-corrected chi connectivity index (χ2v) is 5.60. The molecule has 3 rings (SSSR count). The fourth-order valence-corrected chi connectivity index (χ4v) is 3.24. The summed E-state index contributed by atoms with van der Waals surface area (Å²) in [4.78, 5) is 9.69. The summed E-state index contributed by atoms with van der Waals surface area (Å²) in [7, 11) is 0. The van der Waals surface area contributed by atoms with E-state index in [1.165, 1.54) is 10.4 Å². The second-order valence-electron chi connectivity index (χ2n) is 4.60. The van der Waals surface area contributed by atoms with Gasteiger partial charge >= 0.3 is 0 Å². The van der Waals surface area contributed by atoms with Gasteiger partial charge in [0.1, 0.15) is 5.82 Å². The highest BCUT2D eigenvalue weighted by Gasteiger charge is 2.09. The Morgan fingerprint density at radius 1 is 1.35 bits per heavy atom. The number of aryl methyl sites for hydroxylation is 1. The molecule has 0 amide bonds. The summed E-state index contributed by atoms with van der Waals surface area (Å²) in [5, 5.41) is 2.15. The number of rotatable bonds is 4. The van der Waals surface area contributed by atoms with E-state index in [0.29, 0.717) is 5.82 Å². The summed E-state index contributed by atoms with van der Waals surface area (Å²) in [5.74, 6) is 0.528. The summed E-state index contributed by atoms with van der Waals surface area (Å²) in [6.07, 6.45) is 6.52. The van der Waals surface area contributed by atoms with Gasteiger partial charge in [-0.15, -0.1) is 11.3 Å². The molecule has 0 aliphatic rings. The van der Waals surface area contributed by atoms with Crippen LogP contribution in [0.15, 0.2) is 42.3 Å². The number of anilines is 1. The average Bonchev–Trinajstić information content (AvgIpc) is 3.08. The molecule has 0 radical (unpaired) electrons. The van der Waals surface area contributed by atoms with Crippen LogP contribution in [0.3, 0.4) is 0 Å². The van der Waals surface area contributed by atoms with Gasteiger partial charge in [-0.3, -0.25) is 0 Å². The van der Waals surface area contributed by atoms with Crippen LogP contribution in [-0.4, -0.2) is 14.5 Å². The third kappa shape index (κ3) is 2.44. The summed E-state index contributed by atoms with van der Waals surface area (Å²) < 4.78 is 2.15. The lowest BCUT2D eigenvalue weighted by Crippen LogP contribution is -2.01. The first-order valence-corrected chi connectivity index (χ1v) is 7.43. The largest absolute Gasteiger partial charge is 0.384 e. The molecule has 3 aromatic heterocycles. The van der Waals surface area contributed by atoms with Crippen LogP contribution in [0.4, 0.5) is 5.82 Å². The minimum absolute atomic E-state index is 0.528. The van der Waals surface area contributed by atoms with E-state index in [1.807, 2.05) is 24.7 Å². The van der Waals surface area contributed by atoms with Crippen molar-refractivity contribution in [2.24, 2.45) is 0 Å². The van der Waals surface area contributed by atoms with Crippen molar-refractivity contribution in [3.05, 3.63) is 52.7 Å². The van der Waals surface area contributed by atoms with E-state index in [9.17, 15) is 0 Å². The molecule has 0 saturated heterocycles. The maximum atomic E-state index is 5.76. The molecule has 0 bridgehead atoms. The Morgan fingerprint density at radius 2 is 2.25 bits per heavy atom. The monoisotopic (exact) mass is 284 g/mol. The molecular formula is C15H16N4S. The normalized spacial score (nSPS) is 10.8. The Hall–Kier alpha value is -2.14. The number of aromatic nitrogens is 3. The molecule has 4 nitrogen and oxygen atoms in total. The van der Waals surface area contributed by atoms with Crippen molar-refractivity contribution in [2.45, 2.75) is 19.9 Å². The number of nitrogens with zero attached hydrogens (tertiary/aromatic N) is 3. The molecule has 0 saturated carbocycles. The van der Waals surface area contributed by atoms with Crippen molar-refractivity contribution in [3.8, 4) is 11.3 Å². The van der Waals surface area contributed by atoms with Crippen LogP contribution in [0.2, 0.25) is 0 Å². The van der Waals surface area contributed by atoms with Gasteiger partial charge in [-0.25, -0.2) is 9.97 Å². The van der Waals surface area contributed by atoms with Crippen LogP contribution in [0.5, 0.6) is 0 Å². The van der Waals surface area contributed by atoms with E-state index < -0.39 is 0 Å². The van der Waals surface area contributed by atoms with Crippen molar-refractivity contribution in [1.29, 1.82) is 0 Å². The van der Waals surface area contributed by atoms with E-state index in [0.717, 1.165) is 24.2 Å². The number of pyridine rings is 1. The number of nitrogens with two attached hydrogens (primary N) is 1. The predicted molar refractivity (Wildman–Crippen MR) is 82.7 cm³/mol. The highest BCUT2D eigenvalue weighted by atomic mass is 32.1. The molecule has 0 aliphatic heterocycles. The standard InChI is InChI=1S/C15H16N4S/c1-2-11-4-6-20-14(11)9-19-10-17-8-13(19)12-3-5-18-15(16)7-12/h3-8,10H,2,9H2,1H3,(H2,16,18). The maximum Gasteiger partial charge on any atom is 0.123 e. The highest BCUT2D eigenvalue weighted by Crippen LogP contribution is 2.24. The molecule has 0 fully saturated rings. The lowest BCUT2D eigenvalue weighted by molar-refractivity contribution is 0.808. The molecular weight excluding hydrogens is 268 g/mol. The summed E-state index contributed by atoms with van der Waals surface area (Å²) in [6.45, 7) is 3.03. The molecule has 5 heteroatoms. The molecule has 3 aromatic rings. The first-order valence-electron chi connectivity index (χ1n) is 6.55. The second kappa shape index (κ2) is 5.46. The smallest absolute Gasteiger partial charge is 0.123 e. The number of hydrogen-bond acceptors (Lipinski definition) is 4. The third-order valence-corrected chi connectivity index (χ3v) is 4.27. The molecule has 0 unspecified atom stereocenters. The van der Waals surface area contributed by atoms with Crippen LogP contribution in [0, 0.1) is 0 Å². The molecule has 0 aliphatic carbocycles. The van der Waals surface area contributed by atoms with E-state index in [-0.39, 0.29) is 0 Å². The zero-order chi connectivity index (χ0) is 13.9. The fourth-order valence-electron chi connectivity index (χ4n) is 2.27. The molecule has 0 atom stereocenters. The Balaban J connectivity index is 1.95. The first kappa shape index (κ1) is 12.9. The average molecular weight is 284 g/mol. The minimum Gasteiger partial charge on any atom is -0.384 e. The summed E-state index contributed by atoms with van der Waals surface area (Å²) >= 11 is 1.79. The zero-order valence-corrected chi connectivity index (χ0v) is 12.1. The van der Waals surface area contributed by atoms with Crippen molar-refractivity contribution in [2.75, 3.05) is 5.73 Å². The molecule has 102 valence electrons. The van der Waals surface area contributed by atoms with Gasteiger partial charge < -0.3 is 10.3 Å². The van der Waals surface area contributed by atoms with Gasteiger partial charge in [-0.2, -0.15) is 0 Å². The van der Waals surface area contributed by atoms with Crippen molar-refractivity contribution in [3.63, 3.8) is 0 Å². The van der Waals surface area contributed by atoms with Crippen LogP contribution < -0.4 is 5.73 Å². The molecule has 3 heterocycles. The SMILES string of the molecule is CCc1ccsc1Cn1cncc1-c1ccnc(N)c1. The third-order valence-electron chi connectivity index (χ3n) is 3.32. The van der Waals surface area contributed by atoms with Crippen LogP contribution in [0.25, 0.3) is 11.3 Å². The molecule has 20 heavy (non-hydrogen) atoms. The van der Waals surface area contributed by atoms with Crippen molar-refractivity contribution < 1.29 is 0 Å². The van der Waals surface area contributed by atoms with E-state index >= 15 is 0 Å². The van der Waals surface area contributed by atoms with Gasteiger partial charge in [0, 0.05) is 16.6 Å². The van der Waals surface area contributed by atoms with Gasteiger partial charge in [0.05, 0.1) is 24.8 Å². The minimum atomic E-state index is 0.528. The Labute approximate surface area is 121 Å². The highest BCUT2D eigenvalue weighted by molar-refractivity contribution is 7.10. The van der Waals surface area contributed by atoms with Gasteiger partial charge in [-0.1, -0.05) is 6.92 Å². The van der Waals surface area contributed by atoms with Gasteiger partial charge in [-0.05, 0) is 35.6 Å². The Kier molecular flexibility index (Phi) is 3.52. The van der Waals surface area contributed by atoms with E-state index in [1.54, 1.807) is 17.5 Å². The van der Waals surface area contributed by atoms with E-state index in [2.05, 4.69) is 32.9 Å². The van der Waals surface area contributed by atoms with Crippen LogP contribution >= 0.6 is 11.3 Å². The lowest BCUT2D eigenvalue weighted by atomic mass is 10.2. The Morgan fingerprint density at radius 3 is 3.05 bits per heavy atom. The number of thiophene rings is 1. The number of imidazole rings is 1. The zero-order valence-electron chi connectivity index (χ0n) is 11.3. The maximum absolute atomic E-state index is 5.76. The molecule has 0 aromatic carbocycles. The molecule has 2 N–H and O–H groups in total. The van der Waals surface area contributed by atoms with Gasteiger partial charge in [0.2, 0.25) is 0 Å². The van der Waals surface area contributed by atoms with Gasteiger partial charge in [0.25, 0.3) is 0 Å². The van der Waals surface area contributed by atoms with Crippen molar-refractivity contribution in [1.82, 2.24) is 14.5 Å². The molecule has 0 spiro atoms. The number of hydrogen-bond donors (Lipinski definition) is 1. The summed E-state index contributed by atoms with van der Waals surface area (Å²) in [5.41, 5.74) is 9.27. The summed E-state index contributed by atoms with van der Waals surface area (Å²) in [6, 6.07) is 6.03. The van der Waals surface area contributed by atoms with E-state index in [4.69, 9.17) is 5.73 Å². The van der Waals surface area contributed by atoms with Crippen molar-refractivity contribution >= 4 is 17.2 Å². The first-order chi connectivity index (χ1) is 9.78. The topological polar surface area (TPSA) is 56.7 Å². The van der Waals surface area contributed by atoms with Gasteiger partial charge in [0.15, 0.2) is 0 Å². The quantitative estimate of drug-likeness (QED) is 0.800.